The molecule has 20 heavy (non-hydrogen) atoms. The van der Waals surface area contributed by atoms with E-state index in [0.29, 0.717) is 19.0 Å². The summed E-state index contributed by atoms with van der Waals surface area (Å²) < 4.78 is 5.70. The third-order valence-electron chi connectivity index (χ3n) is 3.46. The maximum absolute atomic E-state index is 11.8. The van der Waals surface area contributed by atoms with Gasteiger partial charge in [-0.2, -0.15) is 0 Å². The number of benzene rings is 1. The van der Waals surface area contributed by atoms with Gasteiger partial charge in [0.15, 0.2) is 5.78 Å². The zero-order valence-electron chi connectivity index (χ0n) is 12.2. The van der Waals surface area contributed by atoms with Crippen LogP contribution in [0.2, 0.25) is 0 Å². The van der Waals surface area contributed by atoms with E-state index in [9.17, 15) is 9.90 Å². The molecule has 1 aliphatic rings. The molecule has 0 aliphatic heterocycles. The van der Waals surface area contributed by atoms with Gasteiger partial charge in [0.25, 0.3) is 0 Å². The van der Waals surface area contributed by atoms with E-state index in [1.807, 2.05) is 32.0 Å². The zero-order chi connectivity index (χ0) is 14.5. The maximum atomic E-state index is 11.8. The molecule has 0 aromatic heterocycles. The Bertz CT molecular complexity index is 471. The van der Waals surface area contributed by atoms with Crippen LogP contribution in [-0.4, -0.2) is 36.2 Å². The monoisotopic (exact) mass is 277 g/mol. The summed E-state index contributed by atoms with van der Waals surface area (Å²) in [6, 6.07) is 5.92. The van der Waals surface area contributed by atoms with E-state index in [1.165, 1.54) is 0 Å². The topological polar surface area (TPSA) is 58.6 Å². The van der Waals surface area contributed by atoms with E-state index in [2.05, 4.69) is 5.32 Å². The quantitative estimate of drug-likeness (QED) is 0.834. The third-order valence-corrected chi connectivity index (χ3v) is 3.46. The number of fused-ring (bicyclic) bond motifs is 1. The standard InChI is InChI=1S/C16H23NO3/c1-11(2)17-9-12(18)10-20-16-8-4-5-13-14(16)6-3-7-15(13)19/h4-5,8,11-12,17-18H,3,6-7,9-10H2,1-2H3. The van der Waals surface area contributed by atoms with Crippen LogP contribution >= 0.6 is 0 Å². The normalized spacial score (nSPS) is 16.1. The van der Waals surface area contributed by atoms with Gasteiger partial charge in [-0.1, -0.05) is 26.0 Å². The van der Waals surface area contributed by atoms with Crippen LogP contribution in [0.15, 0.2) is 18.2 Å². The fourth-order valence-corrected chi connectivity index (χ4v) is 2.40. The number of hydrogen-bond acceptors (Lipinski definition) is 4. The predicted octanol–water partition coefficient (Wildman–Crippen LogP) is 1.94. The van der Waals surface area contributed by atoms with Crippen molar-refractivity contribution in [2.24, 2.45) is 0 Å². The lowest BCUT2D eigenvalue weighted by molar-refractivity contribution is 0.0964. The summed E-state index contributed by atoms with van der Waals surface area (Å²) >= 11 is 0. The molecule has 4 heteroatoms. The number of ketones is 1. The number of aliphatic hydroxyl groups is 1. The summed E-state index contributed by atoms with van der Waals surface area (Å²) in [5.74, 6) is 0.929. The smallest absolute Gasteiger partial charge is 0.163 e. The Morgan fingerprint density at radius 3 is 2.90 bits per heavy atom. The van der Waals surface area contributed by atoms with Crippen LogP contribution in [-0.2, 0) is 6.42 Å². The number of aliphatic hydroxyl groups excluding tert-OH is 1. The van der Waals surface area contributed by atoms with Crippen molar-refractivity contribution in [2.45, 2.75) is 45.3 Å². The molecule has 0 radical (unpaired) electrons. The molecule has 2 rings (SSSR count). The van der Waals surface area contributed by atoms with Gasteiger partial charge in [0.2, 0.25) is 0 Å². The number of rotatable bonds is 6. The summed E-state index contributed by atoms with van der Waals surface area (Å²) in [6.45, 7) is 4.81. The number of hydrogen-bond donors (Lipinski definition) is 2. The van der Waals surface area contributed by atoms with Crippen molar-refractivity contribution in [3.8, 4) is 5.75 Å². The van der Waals surface area contributed by atoms with Crippen LogP contribution in [0.3, 0.4) is 0 Å². The SMILES string of the molecule is CC(C)NCC(O)COc1cccc2c1CCCC2=O. The van der Waals surface area contributed by atoms with Gasteiger partial charge in [0.05, 0.1) is 0 Å². The lowest BCUT2D eigenvalue weighted by Crippen LogP contribution is -2.35. The fraction of sp³-hybridized carbons (Fsp3) is 0.562. The number of carbonyl (C=O) groups is 1. The molecule has 0 spiro atoms. The van der Waals surface area contributed by atoms with Crippen molar-refractivity contribution in [3.63, 3.8) is 0 Å². The summed E-state index contributed by atoms with van der Waals surface area (Å²) in [7, 11) is 0. The summed E-state index contributed by atoms with van der Waals surface area (Å²) in [4.78, 5) is 11.8. The average molecular weight is 277 g/mol. The van der Waals surface area contributed by atoms with E-state index in [0.717, 1.165) is 29.7 Å². The first-order valence-corrected chi connectivity index (χ1v) is 7.27. The molecule has 4 nitrogen and oxygen atoms in total. The van der Waals surface area contributed by atoms with E-state index in [1.54, 1.807) is 0 Å². The number of Topliss-reactive ketones (excluding diaryl/α,β-unsaturated/α-hetero) is 1. The number of carbonyl (C=O) groups excluding carboxylic acids is 1. The highest BCUT2D eigenvalue weighted by Gasteiger charge is 2.20. The zero-order valence-corrected chi connectivity index (χ0v) is 12.2. The molecular formula is C16H23NO3. The summed E-state index contributed by atoms with van der Waals surface area (Å²) in [6.07, 6.45) is 1.83. The van der Waals surface area contributed by atoms with Crippen molar-refractivity contribution in [1.29, 1.82) is 0 Å². The van der Waals surface area contributed by atoms with E-state index >= 15 is 0 Å². The Labute approximate surface area is 120 Å². The van der Waals surface area contributed by atoms with Crippen molar-refractivity contribution >= 4 is 5.78 Å². The molecule has 0 saturated heterocycles. The second-order valence-electron chi connectivity index (χ2n) is 5.59. The van der Waals surface area contributed by atoms with E-state index in [-0.39, 0.29) is 12.4 Å². The third kappa shape index (κ3) is 3.81. The van der Waals surface area contributed by atoms with Crippen molar-refractivity contribution in [2.75, 3.05) is 13.2 Å². The molecule has 0 saturated carbocycles. The maximum Gasteiger partial charge on any atom is 0.163 e. The lowest BCUT2D eigenvalue weighted by Gasteiger charge is -2.20. The van der Waals surface area contributed by atoms with Gasteiger partial charge in [0, 0.05) is 30.1 Å². The summed E-state index contributed by atoms with van der Waals surface area (Å²) in [5.41, 5.74) is 1.77. The van der Waals surface area contributed by atoms with Crippen molar-refractivity contribution < 1.29 is 14.6 Å². The highest BCUT2D eigenvalue weighted by atomic mass is 16.5. The first kappa shape index (κ1) is 15.0. The van der Waals surface area contributed by atoms with Crippen molar-refractivity contribution in [3.05, 3.63) is 29.3 Å². The molecule has 1 unspecified atom stereocenters. The lowest BCUT2D eigenvalue weighted by atomic mass is 9.90. The summed E-state index contributed by atoms with van der Waals surface area (Å²) in [5, 5.41) is 13.0. The van der Waals surface area contributed by atoms with Gasteiger partial charge < -0.3 is 15.2 Å². The minimum absolute atomic E-state index is 0.193. The molecule has 2 N–H and O–H groups in total. The average Bonchev–Trinajstić information content (AvgIpc) is 2.43. The van der Waals surface area contributed by atoms with E-state index < -0.39 is 6.10 Å². The highest BCUT2D eigenvalue weighted by Crippen LogP contribution is 2.29. The molecule has 0 heterocycles. The van der Waals surface area contributed by atoms with Crippen LogP contribution < -0.4 is 10.1 Å². The van der Waals surface area contributed by atoms with Crippen LogP contribution in [0, 0.1) is 0 Å². The van der Waals surface area contributed by atoms with Gasteiger partial charge in [-0.25, -0.2) is 0 Å². The Kier molecular flexibility index (Phi) is 5.15. The van der Waals surface area contributed by atoms with E-state index in [4.69, 9.17) is 4.74 Å². The first-order valence-electron chi connectivity index (χ1n) is 7.27. The Hall–Kier alpha value is -1.39. The largest absolute Gasteiger partial charge is 0.491 e. The molecule has 0 bridgehead atoms. The molecule has 1 aromatic rings. The molecular weight excluding hydrogens is 254 g/mol. The first-order chi connectivity index (χ1) is 9.58. The second kappa shape index (κ2) is 6.86. The van der Waals surface area contributed by atoms with Gasteiger partial charge in [-0.05, 0) is 18.9 Å². The number of ether oxygens (including phenoxy) is 1. The Morgan fingerprint density at radius 2 is 2.15 bits per heavy atom. The second-order valence-corrected chi connectivity index (χ2v) is 5.59. The minimum atomic E-state index is -0.549. The predicted molar refractivity (Wildman–Crippen MR) is 78.4 cm³/mol. The minimum Gasteiger partial charge on any atom is -0.491 e. The fourth-order valence-electron chi connectivity index (χ4n) is 2.40. The highest BCUT2D eigenvalue weighted by molar-refractivity contribution is 5.99. The van der Waals surface area contributed by atoms with Gasteiger partial charge in [-0.15, -0.1) is 0 Å². The van der Waals surface area contributed by atoms with Gasteiger partial charge >= 0.3 is 0 Å². The van der Waals surface area contributed by atoms with Crippen LogP contribution in [0.1, 0.15) is 42.6 Å². The van der Waals surface area contributed by atoms with Crippen LogP contribution in [0.25, 0.3) is 0 Å². The molecule has 1 atom stereocenters. The van der Waals surface area contributed by atoms with Crippen LogP contribution in [0.4, 0.5) is 0 Å². The van der Waals surface area contributed by atoms with Crippen LogP contribution in [0.5, 0.6) is 5.75 Å². The Morgan fingerprint density at radius 1 is 1.35 bits per heavy atom. The molecule has 1 aromatic carbocycles. The van der Waals surface area contributed by atoms with Gasteiger partial charge in [0.1, 0.15) is 18.5 Å². The Balaban J connectivity index is 1.96. The van der Waals surface area contributed by atoms with Gasteiger partial charge in [-0.3, -0.25) is 4.79 Å². The van der Waals surface area contributed by atoms with Crippen molar-refractivity contribution in [1.82, 2.24) is 5.32 Å². The molecule has 0 amide bonds. The molecule has 0 fully saturated rings. The number of nitrogens with one attached hydrogen (secondary N) is 1. The molecule has 110 valence electrons. The molecule has 1 aliphatic carbocycles.